The summed E-state index contributed by atoms with van der Waals surface area (Å²) in [5.41, 5.74) is 2.97. The van der Waals surface area contributed by atoms with E-state index in [1.165, 1.54) is 5.56 Å². The lowest BCUT2D eigenvalue weighted by Gasteiger charge is -2.06. The van der Waals surface area contributed by atoms with Crippen LogP contribution in [0.2, 0.25) is 0 Å². The number of rotatable bonds is 3. The lowest BCUT2D eigenvalue weighted by Crippen LogP contribution is -2.22. The number of amides is 1. The average Bonchev–Trinajstić information content (AvgIpc) is 2.36. The molecule has 0 aliphatic heterocycles. The standard InChI is InChI=1S/C15H14BrNO/c1-11-4-2-5-12(8-11)10-17-15(18)13-6-3-7-14(16)9-13/h2-9H,10H2,1H3,(H,17,18). The van der Waals surface area contributed by atoms with Crippen molar-refractivity contribution in [2.75, 3.05) is 0 Å². The van der Waals surface area contributed by atoms with Crippen LogP contribution < -0.4 is 5.32 Å². The molecule has 3 heteroatoms. The first-order valence-electron chi connectivity index (χ1n) is 5.74. The second-order valence-electron chi connectivity index (χ2n) is 4.18. The Morgan fingerprint density at radius 3 is 2.67 bits per heavy atom. The Kier molecular flexibility index (Phi) is 4.15. The lowest BCUT2D eigenvalue weighted by atomic mass is 10.1. The van der Waals surface area contributed by atoms with Crippen LogP contribution >= 0.6 is 15.9 Å². The second kappa shape index (κ2) is 5.83. The number of aryl methyl sites for hydroxylation is 1. The molecule has 0 aliphatic carbocycles. The van der Waals surface area contributed by atoms with Crippen molar-refractivity contribution in [3.05, 3.63) is 69.7 Å². The number of carbonyl (C=O) groups is 1. The maximum absolute atomic E-state index is 11.9. The molecule has 2 aromatic carbocycles. The number of hydrogen-bond donors (Lipinski definition) is 1. The molecule has 92 valence electrons. The Morgan fingerprint density at radius 1 is 1.17 bits per heavy atom. The molecule has 0 saturated heterocycles. The molecule has 0 spiro atoms. The quantitative estimate of drug-likeness (QED) is 0.920. The SMILES string of the molecule is Cc1cccc(CNC(=O)c2cccc(Br)c2)c1. The summed E-state index contributed by atoms with van der Waals surface area (Å²) in [6.07, 6.45) is 0. The minimum absolute atomic E-state index is 0.0576. The van der Waals surface area contributed by atoms with Crippen LogP contribution in [0, 0.1) is 6.92 Å². The summed E-state index contributed by atoms with van der Waals surface area (Å²) in [6.45, 7) is 2.59. The van der Waals surface area contributed by atoms with Gasteiger partial charge in [0.2, 0.25) is 0 Å². The topological polar surface area (TPSA) is 29.1 Å². The van der Waals surface area contributed by atoms with Crippen molar-refractivity contribution >= 4 is 21.8 Å². The summed E-state index contributed by atoms with van der Waals surface area (Å²) in [4.78, 5) is 11.9. The van der Waals surface area contributed by atoms with Crippen molar-refractivity contribution in [3.63, 3.8) is 0 Å². The molecule has 2 aromatic rings. The molecule has 0 atom stereocenters. The van der Waals surface area contributed by atoms with Crippen LogP contribution in [0.1, 0.15) is 21.5 Å². The molecule has 0 saturated carbocycles. The first-order chi connectivity index (χ1) is 8.65. The number of nitrogens with one attached hydrogen (secondary N) is 1. The van der Waals surface area contributed by atoms with Gasteiger partial charge in [0.25, 0.3) is 5.91 Å². The number of hydrogen-bond acceptors (Lipinski definition) is 1. The third kappa shape index (κ3) is 3.44. The molecule has 18 heavy (non-hydrogen) atoms. The summed E-state index contributed by atoms with van der Waals surface area (Å²) >= 11 is 3.36. The molecule has 0 aromatic heterocycles. The number of halogens is 1. The summed E-state index contributed by atoms with van der Waals surface area (Å²) in [6, 6.07) is 15.5. The predicted octanol–water partition coefficient (Wildman–Crippen LogP) is 3.69. The highest BCUT2D eigenvalue weighted by Gasteiger charge is 2.05. The molecule has 0 unspecified atom stereocenters. The van der Waals surface area contributed by atoms with Gasteiger partial charge < -0.3 is 5.32 Å². The largest absolute Gasteiger partial charge is 0.348 e. The fourth-order valence-electron chi connectivity index (χ4n) is 1.74. The Morgan fingerprint density at radius 2 is 1.94 bits per heavy atom. The van der Waals surface area contributed by atoms with E-state index >= 15 is 0 Å². The van der Waals surface area contributed by atoms with Gasteiger partial charge in [-0.2, -0.15) is 0 Å². The fourth-order valence-corrected chi connectivity index (χ4v) is 2.14. The van der Waals surface area contributed by atoms with Crippen LogP contribution in [0.15, 0.2) is 53.0 Å². The molecule has 2 rings (SSSR count). The van der Waals surface area contributed by atoms with Gasteiger partial charge in [-0.25, -0.2) is 0 Å². The lowest BCUT2D eigenvalue weighted by molar-refractivity contribution is 0.0951. The first kappa shape index (κ1) is 12.8. The molecule has 1 amide bonds. The highest BCUT2D eigenvalue weighted by atomic mass is 79.9. The monoisotopic (exact) mass is 303 g/mol. The fraction of sp³-hybridized carbons (Fsp3) is 0.133. The van der Waals surface area contributed by atoms with E-state index in [1.54, 1.807) is 6.07 Å². The molecule has 0 bridgehead atoms. The molecule has 0 heterocycles. The smallest absolute Gasteiger partial charge is 0.251 e. The molecule has 2 nitrogen and oxygen atoms in total. The molecule has 1 N–H and O–H groups in total. The third-order valence-corrected chi connectivity index (χ3v) is 3.12. The van der Waals surface area contributed by atoms with E-state index in [0.29, 0.717) is 12.1 Å². The zero-order valence-electron chi connectivity index (χ0n) is 10.1. The van der Waals surface area contributed by atoms with Crippen molar-refractivity contribution in [2.45, 2.75) is 13.5 Å². The van der Waals surface area contributed by atoms with Gasteiger partial charge in [0.15, 0.2) is 0 Å². The Hall–Kier alpha value is -1.61. The summed E-state index contributed by atoms with van der Waals surface area (Å²) < 4.78 is 0.908. The van der Waals surface area contributed by atoms with E-state index in [9.17, 15) is 4.79 Å². The van der Waals surface area contributed by atoms with Crippen molar-refractivity contribution in [1.29, 1.82) is 0 Å². The zero-order valence-corrected chi connectivity index (χ0v) is 11.7. The van der Waals surface area contributed by atoms with Gasteiger partial charge in [-0.3, -0.25) is 4.79 Å². The third-order valence-electron chi connectivity index (χ3n) is 2.62. The van der Waals surface area contributed by atoms with Crippen molar-refractivity contribution < 1.29 is 4.79 Å². The van der Waals surface area contributed by atoms with Gasteiger partial charge in [0.1, 0.15) is 0 Å². The minimum atomic E-state index is -0.0576. The normalized spacial score (nSPS) is 10.1. The highest BCUT2D eigenvalue weighted by Crippen LogP contribution is 2.11. The summed E-state index contributed by atoms with van der Waals surface area (Å²) in [5, 5.41) is 2.91. The number of benzene rings is 2. The van der Waals surface area contributed by atoms with Crippen LogP contribution in [0.3, 0.4) is 0 Å². The predicted molar refractivity (Wildman–Crippen MR) is 76.5 cm³/mol. The highest BCUT2D eigenvalue weighted by molar-refractivity contribution is 9.10. The van der Waals surface area contributed by atoms with E-state index in [2.05, 4.69) is 27.3 Å². The van der Waals surface area contributed by atoms with Crippen LogP contribution in [-0.4, -0.2) is 5.91 Å². The minimum Gasteiger partial charge on any atom is -0.348 e. The molecular weight excluding hydrogens is 290 g/mol. The summed E-state index contributed by atoms with van der Waals surface area (Å²) in [7, 11) is 0. The van der Waals surface area contributed by atoms with Crippen molar-refractivity contribution in [3.8, 4) is 0 Å². The van der Waals surface area contributed by atoms with Gasteiger partial charge in [-0.15, -0.1) is 0 Å². The molecule has 0 aliphatic rings. The molecular formula is C15H14BrNO. The maximum atomic E-state index is 11.9. The van der Waals surface area contributed by atoms with E-state index in [0.717, 1.165) is 10.0 Å². The van der Waals surface area contributed by atoms with Gasteiger partial charge >= 0.3 is 0 Å². The molecule has 0 radical (unpaired) electrons. The van der Waals surface area contributed by atoms with Gasteiger partial charge in [-0.1, -0.05) is 51.8 Å². The van der Waals surface area contributed by atoms with Gasteiger partial charge in [0.05, 0.1) is 0 Å². The van der Waals surface area contributed by atoms with Crippen LogP contribution in [0.25, 0.3) is 0 Å². The van der Waals surface area contributed by atoms with Gasteiger partial charge in [-0.05, 0) is 30.7 Å². The first-order valence-corrected chi connectivity index (χ1v) is 6.54. The Bertz CT molecular complexity index is 566. The van der Waals surface area contributed by atoms with Crippen molar-refractivity contribution in [2.24, 2.45) is 0 Å². The Labute approximate surface area is 115 Å². The zero-order chi connectivity index (χ0) is 13.0. The maximum Gasteiger partial charge on any atom is 0.251 e. The van der Waals surface area contributed by atoms with Crippen LogP contribution in [0.5, 0.6) is 0 Å². The Balaban J connectivity index is 2.00. The van der Waals surface area contributed by atoms with Crippen LogP contribution in [0.4, 0.5) is 0 Å². The van der Waals surface area contributed by atoms with Crippen LogP contribution in [-0.2, 0) is 6.54 Å². The summed E-state index contributed by atoms with van der Waals surface area (Å²) in [5.74, 6) is -0.0576. The molecule has 0 fully saturated rings. The van der Waals surface area contributed by atoms with E-state index in [4.69, 9.17) is 0 Å². The second-order valence-corrected chi connectivity index (χ2v) is 5.10. The van der Waals surface area contributed by atoms with E-state index in [-0.39, 0.29) is 5.91 Å². The number of carbonyl (C=O) groups excluding carboxylic acids is 1. The van der Waals surface area contributed by atoms with Crippen molar-refractivity contribution in [1.82, 2.24) is 5.32 Å². The average molecular weight is 304 g/mol. The van der Waals surface area contributed by atoms with E-state index in [1.807, 2.05) is 43.3 Å². The van der Waals surface area contributed by atoms with Gasteiger partial charge in [0, 0.05) is 16.6 Å². The van der Waals surface area contributed by atoms with E-state index < -0.39 is 0 Å².